The largest absolute Gasteiger partial charge is 0.353 e. The van der Waals surface area contributed by atoms with Crippen LogP contribution in [0.4, 0.5) is 0 Å². The second kappa shape index (κ2) is 7.10. The normalized spacial score (nSPS) is 33.2. The first-order valence-corrected chi connectivity index (χ1v) is 9.02. The Kier molecular flexibility index (Phi) is 5.17. The Labute approximate surface area is 128 Å². The standard InChI is InChI=1S/C17H31N3O/c18-14-7-6-13(12-14)17(21)19-15-8-10-20(11-9-15)16-4-2-1-3-5-16/h13-16H,1-12,18H2,(H,19,21). The van der Waals surface area contributed by atoms with Gasteiger partial charge in [-0.05, 0) is 44.9 Å². The van der Waals surface area contributed by atoms with Crippen LogP contribution in [0.15, 0.2) is 0 Å². The van der Waals surface area contributed by atoms with E-state index >= 15 is 0 Å². The number of carbonyl (C=O) groups excluding carboxylic acids is 1. The fourth-order valence-electron chi connectivity index (χ4n) is 4.43. The van der Waals surface area contributed by atoms with Crippen LogP contribution in [0.2, 0.25) is 0 Å². The summed E-state index contributed by atoms with van der Waals surface area (Å²) in [7, 11) is 0. The maximum absolute atomic E-state index is 12.3. The molecule has 2 atom stereocenters. The molecule has 0 aromatic carbocycles. The van der Waals surface area contributed by atoms with E-state index in [9.17, 15) is 4.79 Å². The Morgan fingerprint density at radius 1 is 0.952 bits per heavy atom. The van der Waals surface area contributed by atoms with Crippen LogP contribution >= 0.6 is 0 Å². The highest BCUT2D eigenvalue weighted by Gasteiger charge is 2.31. The zero-order chi connectivity index (χ0) is 14.7. The molecule has 1 amide bonds. The second-order valence-electron chi connectivity index (χ2n) is 7.38. The van der Waals surface area contributed by atoms with Crippen LogP contribution in [0, 0.1) is 5.92 Å². The lowest BCUT2D eigenvalue weighted by molar-refractivity contribution is -0.125. The molecule has 3 fully saturated rings. The molecule has 3 N–H and O–H groups in total. The highest BCUT2D eigenvalue weighted by molar-refractivity contribution is 5.79. The molecule has 1 aliphatic heterocycles. The zero-order valence-corrected chi connectivity index (χ0v) is 13.2. The summed E-state index contributed by atoms with van der Waals surface area (Å²) in [6.45, 7) is 2.33. The van der Waals surface area contributed by atoms with E-state index in [1.807, 2.05) is 0 Å². The molecule has 21 heavy (non-hydrogen) atoms. The number of likely N-dealkylation sites (tertiary alicyclic amines) is 1. The van der Waals surface area contributed by atoms with Crippen LogP contribution in [-0.2, 0) is 4.79 Å². The van der Waals surface area contributed by atoms with Crippen molar-refractivity contribution < 1.29 is 4.79 Å². The molecule has 0 bridgehead atoms. The minimum Gasteiger partial charge on any atom is -0.353 e. The van der Waals surface area contributed by atoms with Gasteiger partial charge in [0, 0.05) is 37.1 Å². The van der Waals surface area contributed by atoms with E-state index in [-0.39, 0.29) is 17.9 Å². The summed E-state index contributed by atoms with van der Waals surface area (Å²) in [6.07, 6.45) is 12.1. The van der Waals surface area contributed by atoms with Crippen LogP contribution < -0.4 is 11.1 Å². The molecule has 2 saturated carbocycles. The third kappa shape index (κ3) is 3.98. The molecule has 0 aromatic rings. The van der Waals surface area contributed by atoms with E-state index in [0.29, 0.717) is 6.04 Å². The van der Waals surface area contributed by atoms with Gasteiger partial charge < -0.3 is 16.0 Å². The highest BCUT2D eigenvalue weighted by Crippen LogP contribution is 2.27. The molecule has 0 spiro atoms. The Hall–Kier alpha value is -0.610. The van der Waals surface area contributed by atoms with Gasteiger partial charge in [0.25, 0.3) is 0 Å². The quantitative estimate of drug-likeness (QED) is 0.837. The van der Waals surface area contributed by atoms with Crippen molar-refractivity contribution in [2.75, 3.05) is 13.1 Å². The molecule has 3 rings (SSSR count). The minimum atomic E-state index is 0.177. The first kappa shape index (κ1) is 15.3. The van der Waals surface area contributed by atoms with E-state index in [4.69, 9.17) is 5.73 Å². The van der Waals surface area contributed by atoms with E-state index in [1.165, 1.54) is 45.2 Å². The summed E-state index contributed by atoms with van der Waals surface area (Å²) >= 11 is 0. The number of hydrogen-bond donors (Lipinski definition) is 2. The molecule has 0 aromatic heterocycles. The number of nitrogens with two attached hydrogens (primary N) is 1. The lowest BCUT2D eigenvalue weighted by atomic mass is 9.92. The lowest BCUT2D eigenvalue weighted by Gasteiger charge is -2.39. The zero-order valence-electron chi connectivity index (χ0n) is 13.2. The third-order valence-corrected chi connectivity index (χ3v) is 5.81. The van der Waals surface area contributed by atoms with Gasteiger partial charge in [-0.3, -0.25) is 4.79 Å². The van der Waals surface area contributed by atoms with Gasteiger partial charge in [0.1, 0.15) is 0 Å². The van der Waals surface area contributed by atoms with Crippen LogP contribution in [-0.4, -0.2) is 42.0 Å². The number of rotatable bonds is 3. The Balaban J connectivity index is 1.40. The van der Waals surface area contributed by atoms with E-state index < -0.39 is 0 Å². The molecular weight excluding hydrogens is 262 g/mol. The summed E-state index contributed by atoms with van der Waals surface area (Å²) in [5.74, 6) is 0.440. The first-order valence-electron chi connectivity index (χ1n) is 9.02. The predicted molar refractivity (Wildman–Crippen MR) is 84.9 cm³/mol. The smallest absolute Gasteiger partial charge is 0.223 e. The Morgan fingerprint density at radius 2 is 1.67 bits per heavy atom. The summed E-state index contributed by atoms with van der Waals surface area (Å²) < 4.78 is 0. The average Bonchev–Trinajstić information content (AvgIpc) is 2.96. The first-order chi connectivity index (χ1) is 10.2. The van der Waals surface area contributed by atoms with Crippen LogP contribution in [0.25, 0.3) is 0 Å². The highest BCUT2D eigenvalue weighted by atomic mass is 16.1. The number of nitrogens with one attached hydrogen (secondary N) is 1. The van der Waals surface area contributed by atoms with Crippen molar-refractivity contribution in [3.05, 3.63) is 0 Å². The molecule has 4 nitrogen and oxygen atoms in total. The summed E-state index contributed by atoms with van der Waals surface area (Å²) in [5, 5.41) is 3.28. The molecule has 4 heteroatoms. The Bertz CT molecular complexity index is 346. The van der Waals surface area contributed by atoms with Gasteiger partial charge in [-0.1, -0.05) is 19.3 Å². The van der Waals surface area contributed by atoms with Crippen LogP contribution in [0.1, 0.15) is 64.2 Å². The van der Waals surface area contributed by atoms with Crippen molar-refractivity contribution in [1.82, 2.24) is 10.2 Å². The number of hydrogen-bond acceptors (Lipinski definition) is 3. The number of nitrogens with zero attached hydrogens (tertiary/aromatic N) is 1. The van der Waals surface area contributed by atoms with Gasteiger partial charge >= 0.3 is 0 Å². The maximum atomic E-state index is 12.3. The molecule has 2 aliphatic carbocycles. The number of amides is 1. The maximum Gasteiger partial charge on any atom is 0.223 e. The van der Waals surface area contributed by atoms with E-state index in [0.717, 1.165) is 38.1 Å². The van der Waals surface area contributed by atoms with Crippen LogP contribution in [0.5, 0.6) is 0 Å². The fourth-order valence-corrected chi connectivity index (χ4v) is 4.43. The van der Waals surface area contributed by atoms with Gasteiger partial charge in [-0.25, -0.2) is 0 Å². The molecule has 0 radical (unpaired) electrons. The third-order valence-electron chi connectivity index (χ3n) is 5.81. The van der Waals surface area contributed by atoms with Crippen molar-refractivity contribution in [1.29, 1.82) is 0 Å². The molecule has 3 aliphatic rings. The molecule has 1 saturated heterocycles. The SMILES string of the molecule is NC1CCC(C(=O)NC2CCN(C3CCCCC3)CC2)C1. The van der Waals surface area contributed by atoms with Gasteiger partial charge in [0.05, 0.1) is 0 Å². The van der Waals surface area contributed by atoms with Gasteiger partial charge in [0.15, 0.2) is 0 Å². The minimum absolute atomic E-state index is 0.177. The topological polar surface area (TPSA) is 58.4 Å². The molecular formula is C17H31N3O. The van der Waals surface area contributed by atoms with Crippen molar-refractivity contribution in [3.8, 4) is 0 Å². The summed E-state index contributed by atoms with van der Waals surface area (Å²) in [6, 6.07) is 1.46. The number of carbonyl (C=O) groups is 1. The van der Waals surface area contributed by atoms with Crippen molar-refractivity contribution in [2.24, 2.45) is 11.7 Å². The fraction of sp³-hybridized carbons (Fsp3) is 0.941. The summed E-state index contributed by atoms with van der Waals surface area (Å²) in [5.41, 5.74) is 5.91. The average molecular weight is 293 g/mol. The van der Waals surface area contributed by atoms with Crippen LogP contribution in [0.3, 0.4) is 0 Å². The van der Waals surface area contributed by atoms with Gasteiger partial charge in [-0.15, -0.1) is 0 Å². The molecule has 2 unspecified atom stereocenters. The monoisotopic (exact) mass is 293 g/mol. The van der Waals surface area contributed by atoms with Gasteiger partial charge in [0.2, 0.25) is 5.91 Å². The summed E-state index contributed by atoms with van der Waals surface area (Å²) in [4.78, 5) is 14.9. The number of piperidine rings is 1. The van der Waals surface area contributed by atoms with E-state index in [2.05, 4.69) is 10.2 Å². The van der Waals surface area contributed by atoms with Gasteiger partial charge in [-0.2, -0.15) is 0 Å². The second-order valence-corrected chi connectivity index (χ2v) is 7.38. The van der Waals surface area contributed by atoms with Crippen molar-refractivity contribution in [3.63, 3.8) is 0 Å². The van der Waals surface area contributed by atoms with Crippen molar-refractivity contribution >= 4 is 5.91 Å². The Morgan fingerprint density at radius 3 is 2.29 bits per heavy atom. The molecule has 120 valence electrons. The van der Waals surface area contributed by atoms with E-state index in [1.54, 1.807) is 0 Å². The lowest BCUT2D eigenvalue weighted by Crippen LogP contribution is -2.49. The molecule has 1 heterocycles. The predicted octanol–water partition coefficient (Wildman–Crippen LogP) is 2.03. The van der Waals surface area contributed by atoms with Crippen molar-refractivity contribution in [2.45, 2.75) is 82.3 Å².